The van der Waals surface area contributed by atoms with Crippen LogP contribution in [0.3, 0.4) is 0 Å². The average molecular weight is 287 g/mol. The Hall–Kier alpha value is -0.160. The number of methoxy groups -OCH3 is 1. The molecule has 1 fully saturated rings. The van der Waals surface area contributed by atoms with Crippen LogP contribution in [0.4, 0.5) is 0 Å². The van der Waals surface area contributed by atoms with E-state index in [1.165, 1.54) is 32.1 Å². The Morgan fingerprint density at radius 3 is 2.35 bits per heavy atom. The first kappa shape index (κ1) is 17.9. The summed E-state index contributed by atoms with van der Waals surface area (Å²) < 4.78 is 16.7. The van der Waals surface area contributed by atoms with Crippen molar-refractivity contribution in [1.29, 1.82) is 0 Å². The van der Waals surface area contributed by atoms with E-state index in [1.54, 1.807) is 7.11 Å². The first-order valence-corrected chi connectivity index (χ1v) is 8.17. The van der Waals surface area contributed by atoms with Crippen LogP contribution in [0.15, 0.2) is 0 Å². The van der Waals surface area contributed by atoms with Gasteiger partial charge in [-0.15, -0.1) is 0 Å². The van der Waals surface area contributed by atoms with Gasteiger partial charge in [-0.1, -0.05) is 20.3 Å². The van der Waals surface area contributed by atoms with Crippen LogP contribution < -0.4 is 5.32 Å². The zero-order valence-electron chi connectivity index (χ0n) is 13.6. The van der Waals surface area contributed by atoms with E-state index >= 15 is 0 Å². The van der Waals surface area contributed by atoms with Gasteiger partial charge in [0.1, 0.15) is 0 Å². The molecule has 1 saturated carbocycles. The fourth-order valence-corrected chi connectivity index (χ4v) is 2.90. The average Bonchev–Trinajstić information content (AvgIpc) is 2.49. The molecule has 0 atom stereocenters. The van der Waals surface area contributed by atoms with Crippen molar-refractivity contribution in [2.75, 3.05) is 46.6 Å². The summed E-state index contributed by atoms with van der Waals surface area (Å²) >= 11 is 0. The Labute approximate surface area is 124 Å². The summed E-state index contributed by atoms with van der Waals surface area (Å²) in [7, 11) is 1.69. The molecule has 0 aromatic rings. The number of hydrogen-bond acceptors (Lipinski definition) is 4. The van der Waals surface area contributed by atoms with Gasteiger partial charge in [0.2, 0.25) is 0 Å². The van der Waals surface area contributed by atoms with Gasteiger partial charge in [-0.2, -0.15) is 0 Å². The highest BCUT2D eigenvalue weighted by Crippen LogP contribution is 2.35. The van der Waals surface area contributed by atoms with E-state index in [0.717, 1.165) is 19.0 Å². The monoisotopic (exact) mass is 287 g/mol. The van der Waals surface area contributed by atoms with Crippen molar-refractivity contribution < 1.29 is 14.2 Å². The second-order valence-corrected chi connectivity index (χ2v) is 5.77. The second kappa shape index (κ2) is 10.6. The van der Waals surface area contributed by atoms with E-state index in [1.807, 2.05) is 0 Å². The second-order valence-electron chi connectivity index (χ2n) is 5.77. The summed E-state index contributed by atoms with van der Waals surface area (Å²) in [5.74, 6) is 0.895. The molecule has 0 radical (unpaired) electrons. The van der Waals surface area contributed by atoms with Crippen LogP contribution in [0, 0.1) is 5.92 Å². The van der Waals surface area contributed by atoms with Gasteiger partial charge in [-0.25, -0.2) is 0 Å². The topological polar surface area (TPSA) is 39.7 Å². The van der Waals surface area contributed by atoms with E-state index in [4.69, 9.17) is 14.2 Å². The van der Waals surface area contributed by atoms with Crippen LogP contribution >= 0.6 is 0 Å². The first-order valence-electron chi connectivity index (χ1n) is 8.17. The van der Waals surface area contributed by atoms with Crippen molar-refractivity contribution in [1.82, 2.24) is 5.32 Å². The Bertz CT molecular complexity index is 228. The fourth-order valence-electron chi connectivity index (χ4n) is 2.90. The van der Waals surface area contributed by atoms with Crippen molar-refractivity contribution in [3.05, 3.63) is 0 Å². The van der Waals surface area contributed by atoms with Crippen molar-refractivity contribution in [3.63, 3.8) is 0 Å². The lowest BCUT2D eigenvalue weighted by molar-refractivity contribution is -0.0943. The summed E-state index contributed by atoms with van der Waals surface area (Å²) in [6.07, 6.45) is 6.25. The third kappa shape index (κ3) is 6.53. The highest BCUT2D eigenvalue weighted by molar-refractivity contribution is 4.89. The first-order chi connectivity index (χ1) is 9.76. The fraction of sp³-hybridized carbons (Fsp3) is 1.00. The van der Waals surface area contributed by atoms with Crippen LogP contribution in [0.1, 0.15) is 46.0 Å². The quantitative estimate of drug-likeness (QED) is 0.593. The van der Waals surface area contributed by atoms with Gasteiger partial charge in [0.25, 0.3) is 0 Å². The molecule has 0 aliphatic heterocycles. The van der Waals surface area contributed by atoms with E-state index in [-0.39, 0.29) is 5.60 Å². The smallest absolute Gasteiger partial charge is 0.0807 e. The maximum atomic E-state index is 6.22. The molecule has 0 amide bonds. The molecule has 0 saturated heterocycles. The molecule has 0 aromatic heterocycles. The van der Waals surface area contributed by atoms with Crippen molar-refractivity contribution in [3.8, 4) is 0 Å². The molecule has 20 heavy (non-hydrogen) atoms. The third-order valence-electron chi connectivity index (χ3n) is 4.36. The number of likely N-dealkylation sites (N-methyl/N-ethyl adjacent to an activating group) is 1. The number of hydrogen-bond donors (Lipinski definition) is 1. The van der Waals surface area contributed by atoms with Gasteiger partial charge in [-0.05, 0) is 38.1 Å². The van der Waals surface area contributed by atoms with Gasteiger partial charge in [0, 0.05) is 13.7 Å². The Balaban J connectivity index is 2.28. The van der Waals surface area contributed by atoms with Crippen LogP contribution in [0.25, 0.3) is 0 Å². The van der Waals surface area contributed by atoms with E-state index < -0.39 is 0 Å². The van der Waals surface area contributed by atoms with Crippen LogP contribution in [0.2, 0.25) is 0 Å². The summed E-state index contributed by atoms with van der Waals surface area (Å²) in [5, 5.41) is 3.47. The zero-order valence-corrected chi connectivity index (χ0v) is 13.6. The summed E-state index contributed by atoms with van der Waals surface area (Å²) in [6, 6.07) is 0. The SMILES string of the molecule is CCNCC1(OCCOCCOC)CCC(CC)CC1. The van der Waals surface area contributed by atoms with Gasteiger partial charge in [-0.3, -0.25) is 0 Å². The molecule has 1 aliphatic carbocycles. The van der Waals surface area contributed by atoms with Gasteiger partial charge in [0.05, 0.1) is 32.0 Å². The van der Waals surface area contributed by atoms with Crippen molar-refractivity contribution >= 4 is 0 Å². The molecule has 0 heterocycles. The van der Waals surface area contributed by atoms with Crippen molar-refractivity contribution in [2.24, 2.45) is 5.92 Å². The summed E-state index contributed by atoms with van der Waals surface area (Å²) in [5.41, 5.74) is 0.0340. The number of ether oxygens (including phenoxy) is 3. The van der Waals surface area contributed by atoms with E-state index in [9.17, 15) is 0 Å². The molecular weight excluding hydrogens is 254 g/mol. The van der Waals surface area contributed by atoms with E-state index in [2.05, 4.69) is 19.2 Å². The minimum Gasteiger partial charge on any atom is -0.382 e. The molecule has 1 rings (SSSR count). The van der Waals surface area contributed by atoms with Gasteiger partial charge >= 0.3 is 0 Å². The Kier molecular flexibility index (Phi) is 9.44. The molecule has 0 aromatic carbocycles. The molecule has 120 valence electrons. The van der Waals surface area contributed by atoms with Gasteiger partial charge < -0.3 is 19.5 Å². The highest BCUT2D eigenvalue weighted by atomic mass is 16.5. The molecule has 0 spiro atoms. The lowest BCUT2D eigenvalue weighted by Gasteiger charge is -2.40. The molecular formula is C16H33NO3. The van der Waals surface area contributed by atoms with Crippen LogP contribution in [-0.4, -0.2) is 52.2 Å². The van der Waals surface area contributed by atoms with Crippen LogP contribution in [0.5, 0.6) is 0 Å². The highest BCUT2D eigenvalue weighted by Gasteiger charge is 2.35. The summed E-state index contributed by atoms with van der Waals surface area (Å²) in [6.45, 7) is 9.08. The zero-order chi connectivity index (χ0) is 14.7. The molecule has 0 bridgehead atoms. The standard InChI is InChI=1S/C16H33NO3/c1-4-15-6-8-16(9-7-15,14-17-5-2)20-13-12-19-11-10-18-3/h15,17H,4-14H2,1-3H3. The molecule has 0 unspecified atom stereocenters. The number of nitrogens with one attached hydrogen (secondary N) is 1. The van der Waals surface area contributed by atoms with Gasteiger partial charge in [0.15, 0.2) is 0 Å². The minimum atomic E-state index is 0.0340. The number of rotatable bonds is 11. The Morgan fingerprint density at radius 1 is 1.05 bits per heavy atom. The third-order valence-corrected chi connectivity index (χ3v) is 4.36. The van der Waals surface area contributed by atoms with E-state index in [0.29, 0.717) is 26.4 Å². The molecule has 4 nitrogen and oxygen atoms in total. The molecule has 1 N–H and O–H groups in total. The maximum Gasteiger partial charge on any atom is 0.0807 e. The predicted molar refractivity (Wildman–Crippen MR) is 82.2 cm³/mol. The predicted octanol–water partition coefficient (Wildman–Crippen LogP) is 2.61. The van der Waals surface area contributed by atoms with Crippen molar-refractivity contribution in [2.45, 2.75) is 51.6 Å². The van der Waals surface area contributed by atoms with Crippen LogP contribution in [-0.2, 0) is 14.2 Å². The summed E-state index contributed by atoms with van der Waals surface area (Å²) in [4.78, 5) is 0. The lowest BCUT2D eigenvalue weighted by Crippen LogP contribution is -2.46. The molecule has 4 heteroatoms. The normalized spacial score (nSPS) is 26.9. The maximum absolute atomic E-state index is 6.22. The largest absolute Gasteiger partial charge is 0.382 e. The molecule has 1 aliphatic rings. The lowest BCUT2D eigenvalue weighted by atomic mass is 9.77. The minimum absolute atomic E-state index is 0.0340. The Morgan fingerprint density at radius 2 is 1.75 bits per heavy atom.